The SMILES string of the molecule is O=C(O)c1ccccn1.O=Cc1ccccn1. The fourth-order valence-electron chi connectivity index (χ4n) is 0.935. The molecule has 0 saturated heterocycles. The topological polar surface area (TPSA) is 80.1 Å². The first kappa shape index (κ1) is 12.5. The van der Waals surface area contributed by atoms with Gasteiger partial charge in [-0.1, -0.05) is 12.1 Å². The summed E-state index contributed by atoms with van der Waals surface area (Å²) in [4.78, 5) is 27.4. The summed E-state index contributed by atoms with van der Waals surface area (Å²) in [6, 6.07) is 9.96. The minimum atomic E-state index is -0.990. The zero-order chi connectivity index (χ0) is 12.5. The average Bonchev–Trinajstić information content (AvgIpc) is 2.41. The third-order valence-electron chi connectivity index (χ3n) is 1.69. The molecule has 0 fully saturated rings. The lowest BCUT2D eigenvalue weighted by Crippen LogP contribution is -1.97. The second-order valence-corrected chi connectivity index (χ2v) is 2.89. The van der Waals surface area contributed by atoms with Crippen LogP contribution in [-0.2, 0) is 0 Å². The highest BCUT2D eigenvalue weighted by Crippen LogP contribution is 1.90. The van der Waals surface area contributed by atoms with Crippen molar-refractivity contribution in [2.24, 2.45) is 0 Å². The molecule has 0 aliphatic carbocycles. The Kier molecular flexibility index (Phi) is 5.03. The maximum atomic E-state index is 10.1. The largest absolute Gasteiger partial charge is 0.477 e. The van der Waals surface area contributed by atoms with Crippen LogP contribution in [0.15, 0.2) is 48.8 Å². The molecule has 5 heteroatoms. The van der Waals surface area contributed by atoms with Crippen LogP contribution in [0.25, 0.3) is 0 Å². The van der Waals surface area contributed by atoms with Crippen molar-refractivity contribution >= 4 is 12.3 Å². The molecule has 1 N–H and O–H groups in total. The van der Waals surface area contributed by atoms with Gasteiger partial charge in [0.15, 0.2) is 6.29 Å². The summed E-state index contributed by atoms with van der Waals surface area (Å²) in [5.41, 5.74) is 0.560. The molecule has 0 amide bonds. The van der Waals surface area contributed by atoms with Crippen molar-refractivity contribution in [2.75, 3.05) is 0 Å². The number of nitrogens with zero attached hydrogens (tertiary/aromatic N) is 2. The van der Waals surface area contributed by atoms with Crippen molar-refractivity contribution in [2.45, 2.75) is 0 Å². The van der Waals surface area contributed by atoms with Crippen LogP contribution in [0, 0.1) is 0 Å². The Balaban J connectivity index is 0.000000171. The number of pyridine rings is 2. The Morgan fingerprint density at radius 2 is 1.71 bits per heavy atom. The number of hydrogen-bond acceptors (Lipinski definition) is 4. The van der Waals surface area contributed by atoms with Gasteiger partial charge in [-0.15, -0.1) is 0 Å². The summed E-state index contributed by atoms with van der Waals surface area (Å²) in [6.07, 6.45) is 3.76. The number of aldehydes is 1. The van der Waals surface area contributed by atoms with Crippen molar-refractivity contribution in [3.8, 4) is 0 Å². The zero-order valence-corrected chi connectivity index (χ0v) is 8.85. The van der Waals surface area contributed by atoms with E-state index in [0.29, 0.717) is 5.69 Å². The lowest BCUT2D eigenvalue weighted by Gasteiger charge is -1.87. The van der Waals surface area contributed by atoms with Crippen molar-refractivity contribution in [3.63, 3.8) is 0 Å². The van der Waals surface area contributed by atoms with Gasteiger partial charge in [0.1, 0.15) is 11.4 Å². The van der Waals surface area contributed by atoms with Gasteiger partial charge >= 0.3 is 5.97 Å². The van der Waals surface area contributed by atoms with Crippen LogP contribution in [0.2, 0.25) is 0 Å². The van der Waals surface area contributed by atoms with Gasteiger partial charge < -0.3 is 5.11 Å². The van der Waals surface area contributed by atoms with E-state index in [4.69, 9.17) is 5.11 Å². The van der Waals surface area contributed by atoms with E-state index >= 15 is 0 Å². The second kappa shape index (κ2) is 6.84. The molecular weight excluding hydrogens is 220 g/mol. The van der Waals surface area contributed by atoms with Gasteiger partial charge in [0.25, 0.3) is 0 Å². The van der Waals surface area contributed by atoms with E-state index in [-0.39, 0.29) is 5.69 Å². The zero-order valence-electron chi connectivity index (χ0n) is 8.85. The Hall–Kier alpha value is -2.56. The van der Waals surface area contributed by atoms with Crippen LogP contribution < -0.4 is 0 Å². The highest BCUT2D eigenvalue weighted by Gasteiger charge is 1.98. The highest BCUT2D eigenvalue weighted by molar-refractivity contribution is 5.85. The van der Waals surface area contributed by atoms with Gasteiger partial charge in [-0.2, -0.15) is 0 Å². The van der Waals surface area contributed by atoms with Gasteiger partial charge in [-0.25, -0.2) is 9.78 Å². The molecule has 17 heavy (non-hydrogen) atoms. The smallest absolute Gasteiger partial charge is 0.354 e. The fourth-order valence-corrected chi connectivity index (χ4v) is 0.935. The van der Waals surface area contributed by atoms with Crippen molar-refractivity contribution in [3.05, 3.63) is 60.2 Å². The number of carbonyl (C=O) groups excluding carboxylic acids is 1. The van der Waals surface area contributed by atoms with Gasteiger partial charge in [0.05, 0.1) is 0 Å². The molecule has 0 aliphatic heterocycles. The van der Waals surface area contributed by atoms with Crippen molar-refractivity contribution in [1.82, 2.24) is 9.97 Å². The summed E-state index contributed by atoms with van der Waals surface area (Å²) < 4.78 is 0. The summed E-state index contributed by atoms with van der Waals surface area (Å²) in [5.74, 6) is -0.990. The molecule has 86 valence electrons. The van der Waals surface area contributed by atoms with E-state index in [1.165, 1.54) is 12.3 Å². The quantitative estimate of drug-likeness (QED) is 0.794. The second-order valence-electron chi connectivity index (χ2n) is 2.89. The number of carboxylic acid groups (broad SMARTS) is 1. The fraction of sp³-hybridized carbons (Fsp3) is 0. The number of carboxylic acids is 1. The van der Waals surface area contributed by atoms with Crippen LogP contribution in [0.3, 0.4) is 0 Å². The van der Waals surface area contributed by atoms with Crippen LogP contribution >= 0.6 is 0 Å². The molecule has 5 nitrogen and oxygen atoms in total. The van der Waals surface area contributed by atoms with Gasteiger partial charge in [-0.3, -0.25) is 9.78 Å². The first-order chi connectivity index (χ1) is 8.24. The normalized spacial score (nSPS) is 8.71. The standard InChI is InChI=1S/C6H5NO2.C6H5NO/c8-6(9)5-3-1-2-4-7-5;8-5-6-3-1-2-4-7-6/h1-4H,(H,8,9);1-5H. The van der Waals surface area contributed by atoms with Crippen molar-refractivity contribution < 1.29 is 14.7 Å². The number of carbonyl (C=O) groups is 2. The minimum absolute atomic E-state index is 0.0810. The summed E-state index contributed by atoms with van der Waals surface area (Å²) in [5, 5.41) is 8.32. The maximum absolute atomic E-state index is 10.1. The van der Waals surface area contributed by atoms with E-state index in [1.807, 2.05) is 0 Å². The highest BCUT2D eigenvalue weighted by atomic mass is 16.4. The predicted molar refractivity (Wildman–Crippen MR) is 60.8 cm³/mol. The Labute approximate surface area is 97.8 Å². The van der Waals surface area contributed by atoms with Gasteiger partial charge in [-0.05, 0) is 24.3 Å². The number of aromatic nitrogens is 2. The molecule has 0 bridgehead atoms. The van der Waals surface area contributed by atoms with Crippen LogP contribution in [0.1, 0.15) is 21.0 Å². The van der Waals surface area contributed by atoms with Crippen LogP contribution in [0.4, 0.5) is 0 Å². The molecule has 2 aromatic rings. The molecule has 0 atom stereocenters. The van der Waals surface area contributed by atoms with Gasteiger partial charge in [0, 0.05) is 12.4 Å². The van der Waals surface area contributed by atoms with E-state index in [0.717, 1.165) is 6.29 Å². The summed E-state index contributed by atoms with van der Waals surface area (Å²) in [6.45, 7) is 0. The van der Waals surface area contributed by atoms with E-state index in [9.17, 15) is 9.59 Å². The maximum Gasteiger partial charge on any atom is 0.354 e. The van der Waals surface area contributed by atoms with Crippen molar-refractivity contribution in [1.29, 1.82) is 0 Å². The third-order valence-corrected chi connectivity index (χ3v) is 1.69. The molecule has 0 spiro atoms. The van der Waals surface area contributed by atoms with E-state index in [2.05, 4.69) is 9.97 Å². The molecule has 2 aromatic heterocycles. The Bertz CT molecular complexity index is 472. The number of aromatic carboxylic acids is 1. The average molecular weight is 230 g/mol. The monoisotopic (exact) mass is 230 g/mol. The Morgan fingerprint density at radius 3 is 2.00 bits per heavy atom. The van der Waals surface area contributed by atoms with Crippen LogP contribution in [-0.4, -0.2) is 27.3 Å². The summed E-state index contributed by atoms with van der Waals surface area (Å²) in [7, 11) is 0. The van der Waals surface area contributed by atoms with E-state index in [1.54, 1.807) is 36.5 Å². The molecule has 0 radical (unpaired) electrons. The summed E-state index contributed by atoms with van der Waals surface area (Å²) >= 11 is 0. The molecule has 2 heterocycles. The Morgan fingerprint density at radius 1 is 1.06 bits per heavy atom. The molecular formula is C12H10N2O3. The first-order valence-electron chi connectivity index (χ1n) is 4.74. The number of rotatable bonds is 2. The lowest BCUT2D eigenvalue weighted by atomic mass is 10.4. The molecule has 0 unspecified atom stereocenters. The van der Waals surface area contributed by atoms with E-state index < -0.39 is 5.97 Å². The molecule has 2 rings (SSSR count). The molecule has 0 aliphatic rings. The van der Waals surface area contributed by atoms with Crippen LogP contribution in [0.5, 0.6) is 0 Å². The third kappa shape index (κ3) is 4.65. The molecule has 0 saturated carbocycles. The predicted octanol–water partition coefficient (Wildman–Crippen LogP) is 1.67. The lowest BCUT2D eigenvalue weighted by molar-refractivity contribution is 0.0690. The number of hydrogen-bond donors (Lipinski definition) is 1. The molecule has 0 aromatic carbocycles. The first-order valence-corrected chi connectivity index (χ1v) is 4.74. The minimum Gasteiger partial charge on any atom is -0.477 e. The van der Waals surface area contributed by atoms with Gasteiger partial charge in [0.2, 0.25) is 0 Å².